The Labute approximate surface area is 164 Å². The fourth-order valence-corrected chi connectivity index (χ4v) is 2.65. The molecule has 2 rings (SSSR count). The zero-order valence-corrected chi connectivity index (χ0v) is 15.9. The maximum absolute atomic E-state index is 12.7. The number of aliphatic hydroxyl groups is 2. The molecule has 1 aromatic heterocycles. The monoisotopic (exact) mass is 420 g/mol. The topological polar surface area (TPSA) is 110 Å². The fourth-order valence-electron chi connectivity index (χ4n) is 2.37. The SMILES string of the molecule is CC(C)(CO)C(=N)/C=C(\O)NC(=O)[C@@H]1CCN1c1ncc(C(F)(F)F)cc1Cl. The molecule has 4 N–H and O–H groups in total. The van der Waals surface area contributed by atoms with Crippen LogP contribution in [0.1, 0.15) is 25.8 Å². The summed E-state index contributed by atoms with van der Waals surface area (Å²) in [6.07, 6.45) is -2.54. The molecular weight excluding hydrogens is 401 g/mol. The maximum atomic E-state index is 12.7. The van der Waals surface area contributed by atoms with Crippen LogP contribution in [0.4, 0.5) is 19.0 Å². The van der Waals surface area contributed by atoms with E-state index in [9.17, 15) is 28.2 Å². The molecule has 1 fully saturated rings. The number of allylic oxidation sites excluding steroid dienone is 1. The maximum Gasteiger partial charge on any atom is 0.417 e. The first-order valence-electron chi connectivity index (χ1n) is 8.27. The first-order valence-corrected chi connectivity index (χ1v) is 8.65. The van der Waals surface area contributed by atoms with Crippen molar-refractivity contribution in [2.45, 2.75) is 32.5 Å². The highest BCUT2D eigenvalue weighted by atomic mass is 35.5. The first-order chi connectivity index (χ1) is 12.9. The fraction of sp³-hybridized carbons (Fsp3) is 0.471. The third-order valence-corrected chi connectivity index (χ3v) is 4.68. The molecular formula is C17H20ClF3N4O3. The summed E-state index contributed by atoms with van der Waals surface area (Å²) in [5, 5.41) is 28.9. The van der Waals surface area contributed by atoms with Gasteiger partial charge in [-0.05, 0) is 12.5 Å². The number of anilines is 1. The van der Waals surface area contributed by atoms with E-state index in [1.807, 2.05) is 0 Å². The first kappa shape index (κ1) is 22.0. The molecule has 28 heavy (non-hydrogen) atoms. The van der Waals surface area contributed by atoms with Gasteiger partial charge in [-0.15, -0.1) is 0 Å². The van der Waals surface area contributed by atoms with E-state index in [4.69, 9.17) is 17.0 Å². The largest absolute Gasteiger partial charge is 0.494 e. The van der Waals surface area contributed by atoms with Gasteiger partial charge < -0.3 is 20.5 Å². The summed E-state index contributed by atoms with van der Waals surface area (Å²) in [4.78, 5) is 17.5. The number of carbonyl (C=O) groups is 1. The number of aromatic nitrogens is 1. The van der Waals surface area contributed by atoms with Crippen LogP contribution in [0, 0.1) is 10.8 Å². The van der Waals surface area contributed by atoms with Gasteiger partial charge in [0.2, 0.25) is 5.91 Å². The lowest BCUT2D eigenvalue weighted by molar-refractivity contribution is -0.137. The van der Waals surface area contributed by atoms with Crippen LogP contribution in [0.3, 0.4) is 0 Å². The lowest BCUT2D eigenvalue weighted by Crippen LogP contribution is -2.56. The Hall–Kier alpha value is -2.33. The second-order valence-corrected chi connectivity index (χ2v) is 7.41. The van der Waals surface area contributed by atoms with Gasteiger partial charge in [-0.2, -0.15) is 13.2 Å². The van der Waals surface area contributed by atoms with Crippen molar-refractivity contribution >= 4 is 29.0 Å². The van der Waals surface area contributed by atoms with Gasteiger partial charge in [0.1, 0.15) is 11.9 Å². The van der Waals surface area contributed by atoms with Gasteiger partial charge >= 0.3 is 6.18 Å². The number of alkyl halides is 3. The minimum absolute atomic E-state index is 0.0405. The Bertz CT molecular complexity index is 811. The second kappa shape index (κ2) is 7.96. The summed E-state index contributed by atoms with van der Waals surface area (Å²) in [5.41, 5.74) is -1.99. The Morgan fingerprint density at radius 3 is 2.61 bits per heavy atom. The van der Waals surface area contributed by atoms with Crippen molar-refractivity contribution in [2.24, 2.45) is 5.41 Å². The summed E-state index contributed by atoms with van der Waals surface area (Å²) >= 11 is 5.91. The highest BCUT2D eigenvalue weighted by Crippen LogP contribution is 2.36. The van der Waals surface area contributed by atoms with E-state index in [-0.39, 0.29) is 23.2 Å². The molecule has 11 heteroatoms. The molecule has 1 aliphatic rings. The smallest absolute Gasteiger partial charge is 0.417 e. The number of pyridine rings is 1. The van der Waals surface area contributed by atoms with Crippen molar-refractivity contribution in [1.29, 1.82) is 5.41 Å². The summed E-state index contributed by atoms with van der Waals surface area (Å²) in [6, 6.07) is -0.0374. The molecule has 0 unspecified atom stereocenters. The number of hydrogen-bond acceptors (Lipinski definition) is 6. The molecule has 0 spiro atoms. The predicted molar refractivity (Wildman–Crippen MR) is 97.4 cm³/mol. The molecule has 0 aromatic carbocycles. The van der Waals surface area contributed by atoms with Gasteiger partial charge in [-0.3, -0.25) is 10.1 Å². The third kappa shape index (κ3) is 4.74. The van der Waals surface area contributed by atoms with Gasteiger partial charge in [-0.1, -0.05) is 25.4 Å². The minimum atomic E-state index is -4.58. The minimum Gasteiger partial charge on any atom is -0.494 e. The van der Waals surface area contributed by atoms with Crippen LogP contribution in [0.25, 0.3) is 0 Å². The number of amides is 1. The zero-order valence-electron chi connectivity index (χ0n) is 15.1. The molecule has 7 nitrogen and oxygen atoms in total. The summed E-state index contributed by atoms with van der Waals surface area (Å²) in [6.45, 7) is 3.21. The molecule has 2 heterocycles. The van der Waals surface area contributed by atoms with Gasteiger partial charge in [0.15, 0.2) is 5.88 Å². The second-order valence-electron chi connectivity index (χ2n) is 7.00. The van der Waals surface area contributed by atoms with E-state index < -0.39 is 35.0 Å². The van der Waals surface area contributed by atoms with Crippen molar-refractivity contribution in [3.63, 3.8) is 0 Å². The van der Waals surface area contributed by atoms with Gasteiger partial charge in [-0.25, -0.2) is 4.98 Å². The number of rotatable bonds is 6. The van der Waals surface area contributed by atoms with E-state index in [1.54, 1.807) is 13.8 Å². The van der Waals surface area contributed by atoms with Crippen molar-refractivity contribution in [1.82, 2.24) is 10.3 Å². The normalized spacial score (nSPS) is 17.9. The Morgan fingerprint density at radius 2 is 2.14 bits per heavy atom. The van der Waals surface area contributed by atoms with Crippen molar-refractivity contribution in [3.05, 3.63) is 34.8 Å². The zero-order chi connectivity index (χ0) is 21.3. The number of halogens is 4. The molecule has 0 aliphatic carbocycles. The molecule has 1 aliphatic heterocycles. The van der Waals surface area contributed by atoms with Crippen LogP contribution < -0.4 is 10.2 Å². The average Bonchev–Trinajstić information content (AvgIpc) is 2.54. The van der Waals surface area contributed by atoms with Gasteiger partial charge in [0, 0.05) is 29.9 Å². The quantitative estimate of drug-likeness (QED) is 0.418. The Balaban J connectivity index is 2.09. The highest BCUT2D eigenvalue weighted by Gasteiger charge is 2.38. The van der Waals surface area contributed by atoms with Crippen LogP contribution in [-0.2, 0) is 11.0 Å². The van der Waals surface area contributed by atoms with E-state index >= 15 is 0 Å². The van der Waals surface area contributed by atoms with Crippen LogP contribution >= 0.6 is 11.6 Å². The van der Waals surface area contributed by atoms with Crippen molar-refractivity contribution < 1.29 is 28.2 Å². The summed E-state index contributed by atoms with van der Waals surface area (Å²) in [5.74, 6) is -1.15. The molecule has 1 saturated heterocycles. The molecule has 1 aromatic rings. The van der Waals surface area contributed by atoms with Gasteiger partial charge in [0.05, 0.1) is 17.2 Å². The molecule has 0 saturated carbocycles. The van der Waals surface area contributed by atoms with Crippen molar-refractivity contribution in [2.75, 3.05) is 18.1 Å². The average molecular weight is 421 g/mol. The number of hydrogen-bond donors (Lipinski definition) is 4. The van der Waals surface area contributed by atoms with Crippen LogP contribution in [-0.4, -0.2) is 46.0 Å². The number of nitrogens with one attached hydrogen (secondary N) is 2. The van der Waals surface area contributed by atoms with Crippen LogP contribution in [0.2, 0.25) is 5.02 Å². The standard InChI is InChI=1S/C17H20ClF3N4O3/c1-16(2,8-26)12(22)6-13(27)24-15(28)11-3-4-25(11)14-10(18)5-9(7-23-14)17(19,20)21/h5-7,11,22,26-27H,3-4,8H2,1-2H3,(H,24,28)/b13-6-,22-12?/t11-/m0/s1. The van der Waals surface area contributed by atoms with E-state index in [0.717, 1.165) is 12.1 Å². The molecule has 1 atom stereocenters. The summed E-state index contributed by atoms with van der Waals surface area (Å²) < 4.78 is 38.1. The lowest BCUT2D eigenvalue weighted by Gasteiger charge is -2.41. The third-order valence-electron chi connectivity index (χ3n) is 4.40. The number of carbonyl (C=O) groups excluding carboxylic acids is 1. The molecule has 154 valence electrons. The Kier molecular flexibility index (Phi) is 6.24. The number of nitrogens with zero attached hydrogens (tertiary/aromatic N) is 2. The number of aliphatic hydroxyl groups excluding tert-OH is 2. The Morgan fingerprint density at radius 1 is 1.50 bits per heavy atom. The highest BCUT2D eigenvalue weighted by molar-refractivity contribution is 6.33. The lowest BCUT2D eigenvalue weighted by atomic mass is 9.88. The molecule has 0 bridgehead atoms. The predicted octanol–water partition coefficient (Wildman–Crippen LogP) is 2.89. The van der Waals surface area contributed by atoms with Crippen LogP contribution in [0.15, 0.2) is 24.2 Å². The van der Waals surface area contributed by atoms with Crippen molar-refractivity contribution in [3.8, 4) is 0 Å². The van der Waals surface area contributed by atoms with Crippen LogP contribution in [0.5, 0.6) is 0 Å². The van der Waals surface area contributed by atoms with E-state index in [0.29, 0.717) is 19.2 Å². The van der Waals surface area contributed by atoms with Gasteiger partial charge in [0.25, 0.3) is 0 Å². The molecule has 0 radical (unpaired) electrons. The van der Waals surface area contributed by atoms with E-state index in [2.05, 4.69) is 10.3 Å². The summed E-state index contributed by atoms with van der Waals surface area (Å²) in [7, 11) is 0. The van der Waals surface area contributed by atoms with E-state index in [1.165, 1.54) is 4.90 Å². The molecule has 1 amide bonds.